The van der Waals surface area contributed by atoms with E-state index in [1.807, 2.05) is 13.8 Å². The molecule has 3 heteroatoms. The summed E-state index contributed by atoms with van der Waals surface area (Å²) in [5.74, 6) is 0.694. The van der Waals surface area contributed by atoms with Crippen LogP contribution in [0.2, 0.25) is 0 Å². The van der Waals surface area contributed by atoms with E-state index in [0.29, 0.717) is 11.3 Å². The first-order valence-corrected chi connectivity index (χ1v) is 4.49. The van der Waals surface area contributed by atoms with Crippen molar-refractivity contribution in [2.24, 2.45) is 0 Å². The van der Waals surface area contributed by atoms with Crippen LogP contribution in [0.5, 0.6) is 5.75 Å². The Labute approximate surface area is 83.3 Å². The van der Waals surface area contributed by atoms with Gasteiger partial charge in [0.05, 0.1) is 6.61 Å². The van der Waals surface area contributed by atoms with Crippen LogP contribution < -0.4 is 4.74 Å². The average Bonchev–Trinajstić information content (AvgIpc) is 2.14. The molecule has 0 aliphatic heterocycles. The van der Waals surface area contributed by atoms with Crippen molar-refractivity contribution in [3.63, 3.8) is 0 Å². The van der Waals surface area contributed by atoms with Crippen molar-refractivity contribution in [2.75, 3.05) is 13.2 Å². The highest BCUT2D eigenvalue weighted by molar-refractivity contribution is 5.79. The Hall–Kier alpha value is -1.35. The van der Waals surface area contributed by atoms with E-state index in [2.05, 4.69) is 0 Å². The van der Waals surface area contributed by atoms with Gasteiger partial charge in [0, 0.05) is 5.56 Å². The van der Waals surface area contributed by atoms with Crippen LogP contribution in [-0.2, 0) is 0 Å². The SMILES string of the molecule is Cc1cc(OCCO)cc(C)c1C=O. The first kappa shape index (κ1) is 10.7. The molecular weight excluding hydrogens is 180 g/mol. The Morgan fingerprint density at radius 3 is 2.36 bits per heavy atom. The van der Waals surface area contributed by atoms with Gasteiger partial charge in [-0.2, -0.15) is 0 Å². The molecule has 0 aliphatic rings. The average molecular weight is 194 g/mol. The largest absolute Gasteiger partial charge is 0.491 e. The zero-order valence-corrected chi connectivity index (χ0v) is 8.41. The first-order chi connectivity index (χ1) is 6.69. The molecule has 1 aromatic carbocycles. The Bertz CT molecular complexity index is 308. The summed E-state index contributed by atoms with van der Waals surface area (Å²) in [7, 11) is 0. The lowest BCUT2D eigenvalue weighted by atomic mass is 10.0. The van der Waals surface area contributed by atoms with Crippen LogP contribution >= 0.6 is 0 Å². The Kier molecular flexibility index (Phi) is 3.65. The number of carbonyl (C=O) groups excluding carboxylic acids is 1. The molecule has 1 N–H and O–H groups in total. The number of ether oxygens (including phenoxy) is 1. The molecule has 0 amide bonds. The lowest BCUT2D eigenvalue weighted by Gasteiger charge is -2.08. The Morgan fingerprint density at radius 1 is 1.36 bits per heavy atom. The number of aldehydes is 1. The second kappa shape index (κ2) is 4.77. The van der Waals surface area contributed by atoms with Crippen molar-refractivity contribution >= 4 is 6.29 Å². The number of aliphatic hydroxyl groups excluding tert-OH is 1. The maximum Gasteiger partial charge on any atom is 0.150 e. The summed E-state index contributed by atoms with van der Waals surface area (Å²) in [5.41, 5.74) is 2.50. The number of hydrogen-bond acceptors (Lipinski definition) is 3. The quantitative estimate of drug-likeness (QED) is 0.738. The molecule has 1 aromatic rings. The van der Waals surface area contributed by atoms with E-state index in [-0.39, 0.29) is 13.2 Å². The molecule has 76 valence electrons. The van der Waals surface area contributed by atoms with Crippen LogP contribution in [0.3, 0.4) is 0 Å². The van der Waals surface area contributed by atoms with Crippen molar-refractivity contribution in [1.29, 1.82) is 0 Å². The van der Waals surface area contributed by atoms with E-state index in [1.165, 1.54) is 0 Å². The minimum absolute atomic E-state index is 0.00642. The summed E-state index contributed by atoms with van der Waals surface area (Å²) in [5, 5.41) is 8.59. The number of carbonyl (C=O) groups is 1. The van der Waals surface area contributed by atoms with E-state index in [9.17, 15) is 4.79 Å². The van der Waals surface area contributed by atoms with Crippen LogP contribution in [0.1, 0.15) is 21.5 Å². The Balaban J connectivity index is 2.95. The van der Waals surface area contributed by atoms with Gasteiger partial charge in [0.2, 0.25) is 0 Å². The number of rotatable bonds is 4. The zero-order valence-electron chi connectivity index (χ0n) is 8.41. The summed E-state index contributed by atoms with van der Waals surface area (Å²) in [4.78, 5) is 10.7. The number of hydrogen-bond donors (Lipinski definition) is 1. The van der Waals surface area contributed by atoms with Crippen molar-refractivity contribution in [3.05, 3.63) is 28.8 Å². The zero-order chi connectivity index (χ0) is 10.6. The highest BCUT2D eigenvalue weighted by Gasteiger charge is 2.04. The summed E-state index contributed by atoms with van der Waals surface area (Å²) in [6, 6.07) is 3.60. The topological polar surface area (TPSA) is 46.5 Å². The fourth-order valence-corrected chi connectivity index (χ4v) is 1.37. The molecule has 1 rings (SSSR count). The summed E-state index contributed by atoms with van der Waals surface area (Å²) in [6.45, 7) is 4.00. The molecule has 3 nitrogen and oxygen atoms in total. The number of benzene rings is 1. The smallest absolute Gasteiger partial charge is 0.150 e. The van der Waals surface area contributed by atoms with Crippen molar-refractivity contribution < 1.29 is 14.6 Å². The monoisotopic (exact) mass is 194 g/mol. The van der Waals surface area contributed by atoms with E-state index >= 15 is 0 Å². The Morgan fingerprint density at radius 2 is 1.93 bits per heavy atom. The van der Waals surface area contributed by atoms with E-state index in [1.54, 1.807) is 12.1 Å². The van der Waals surface area contributed by atoms with Gasteiger partial charge in [-0.25, -0.2) is 0 Å². The lowest BCUT2D eigenvalue weighted by Crippen LogP contribution is -2.03. The highest BCUT2D eigenvalue weighted by atomic mass is 16.5. The van der Waals surface area contributed by atoms with Gasteiger partial charge in [0.15, 0.2) is 6.29 Å². The summed E-state index contributed by atoms with van der Waals surface area (Å²) >= 11 is 0. The van der Waals surface area contributed by atoms with Crippen LogP contribution in [0.25, 0.3) is 0 Å². The van der Waals surface area contributed by atoms with Gasteiger partial charge in [0.25, 0.3) is 0 Å². The maximum atomic E-state index is 10.7. The molecule has 0 fully saturated rings. The van der Waals surface area contributed by atoms with Crippen LogP contribution in [0.4, 0.5) is 0 Å². The third-order valence-electron chi connectivity index (χ3n) is 2.05. The minimum atomic E-state index is -0.00642. The third-order valence-corrected chi connectivity index (χ3v) is 2.05. The molecular formula is C11H14O3. The molecule has 0 aromatic heterocycles. The molecule has 0 bridgehead atoms. The van der Waals surface area contributed by atoms with Gasteiger partial charge < -0.3 is 9.84 Å². The van der Waals surface area contributed by atoms with Crippen molar-refractivity contribution in [3.8, 4) is 5.75 Å². The van der Waals surface area contributed by atoms with E-state index in [4.69, 9.17) is 9.84 Å². The normalized spacial score (nSPS) is 9.93. The molecule has 0 aliphatic carbocycles. The predicted octanol–water partition coefficient (Wildman–Crippen LogP) is 1.49. The van der Waals surface area contributed by atoms with Gasteiger partial charge in [-0.1, -0.05) is 0 Å². The molecule has 0 unspecified atom stereocenters. The van der Waals surface area contributed by atoms with Gasteiger partial charge in [-0.3, -0.25) is 4.79 Å². The van der Waals surface area contributed by atoms with Crippen molar-refractivity contribution in [1.82, 2.24) is 0 Å². The molecule has 0 radical (unpaired) electrons. The second-order valence-corrected chi connectivity index (χ2v) is 3.16. The molecule has 0 spiro atoms. The van der Waals surface area contributed by atoms with Gasteiger partial charge in [-0.15, -0.1) is 0 Å². The summed E-state index contributed by atoms with van der Waals surface area (Å²) < 4.78 is 5.25. The number of aryl methyl sites for hydroxylation is 2. The minimum Gasteiger partial charge on any atom is -0.491 e. The highest BCUT2D eigenvalue weighted by Crippen LogP contribution is 2.20. The molecule has 0 atom stereocenters. The van der Waals surface area contributed by atoms with Crippen LogP contribution in [-0.4, -0.2) is 24.6 Å². The molecule has 0 saturated carbocycles. The lowest BCUT2D eigenvalue weighted by molar-refractivity contribution is 0.112. The fourth-order valence-electron chi connectivity index (χ4n) is 1.37. The standard InChI is InChI=1S/C11H14O3/c1-8-5-10(14-4-3-12)6-9(2)11(8)7-13/h5-7,12H,3-4H2,1-2H3. The molecule has 0 saturated heterocycles. The predicted molar refractivity (Wildman–Crippen MR) is 53.9 cm³/mol. The second-order valence-electron chi connectivity index (χ2n) is 3.16. The summed E-state index contributed by atoms with van der Waals surface area (Å²) in [6.07, 6.45) is 0.848. The van der Waals surface area contributed by atoms with Crippen molar-refractivity contribution in [2.45, 2.75) is 13.8 Å². The van der Waals surface area contributed by atoms with E-state index < -0.39 is 0 Å². The maximum absolute atomic E-state index is 10.7. The van der Waals surface area contributed by atoms with Crippen LogP contribution in [0.15, 0.2) is 12.1 Å². The van der Waals surface area contributed by atoms with Crippen LogP contribution in [0, 0.1) is 13.8 Å². The third kappa shape index (κ3) is 2.33. The number of aliphatic hydroxyl groups is 1. The fraction of sp³-hybridized carbons (Fsp3) is 0.364. The van der Waals surface area contributed by atoms with Gasteiger partial charge in [0.1, 0.15) is 12.4 Å². The van der Waals surface area contributed by atoms with Gasteiger partial charge >= 0.3 is 0 Å². The molecule has 0 heterocycles. The first-order valence-electron chi connectivity index (χ1n) is 4.49. The van der Waals surface area contributed by atoms with E-state index in [0.717, 1.165) is 17.4 Å². The van der Waals surface area contributed by atoms with Gasteiger partial charge in [-0.05, 0) is 37.1 Å². The molecule has 14 heavy (non-hydrogen) atoms.